The second-order valence-electron chi connectivity index (χ2n) is 6.18. The van der Waals surface area contributed by atoms with Gasteiger partial charge in [-0.1, -0.05) is 35.3 Å². The zero-order valence-electron chi connectivity index (χ0n) is 15.9. The molecule has 0 fully saturated rings. The molecule has 9 heteroatoms. The predicted molar refractivity (Wildman–Crippen MR) is 119 cm³/mol. The van der Waals surface area contributed by atoms with E-state index in [1.54, 1.807) is 49.4 Å². The number of halogens is 2. The van der Waals surface area contributed by atoms with E-state index in [0.29, 0.717) is 26.9 Å². The van der Waals surface area contributed by atoms with Crippen LogP contribution in [-0.2, 0) is 4.74 Å². The highest BCUT2D eigenvalue weighted by molar-refractivity contribution is 7.19. The summed E-state index contributed by atoms with van der Waals surface area (Å²) in [6.07, 6.45) is 0. The van der Waals surface area contributed by atoms with E-state index in [2.05, 4.69) is 10.6 Å². The van der Waals surface area contributed by atoms with E-state index in [0.717, 1.165) is 11.3 Å². The topological polar surface area (TPSA) is 84.5 Å². The molecule has 0 radical (unpaired) electrons. The van der Waals surface area contributed by atoms with Crippen molar-refractivity contribution in [2.24, 2.45) is 0 Å². The summed E-state index contributed by atoms with van der Waals surface area (Å²) in [4.78, 5) is 38.0. The third-order valence-corrected chi connectivity index (χ3v) is 5.82. The van der Waals surface area contributed by atoms with Gasteiger partial charge in [0.15, 0.2) is 0 Å². The van der Waals surface area contributed by atoms with Gasteiger partial charge >= 0.3 is 5.97 Å². The number of hydrogen-bond acceptors (Lipinski definition) is 5. The number of methoxy groups -OCH3 is 1. The third kappa shape index (κ3) is 4.81. The Morgan fingerprint density at radius 2 is 1.60 bits per heavy atom. The number of ether oxygens (including phenoxy) is 1. The second kappa shape index (κ2) is 9.30. The summed E-state index contributed by atoms with van der Waals surface area (Å²) < 4.78 is 4.84. The van der Waals surface area contributed by atoms with Crippen LogP contribution >= 0.6 is 34.5 Å². The van der Waals surface area contributed by atoms with Gasteiger partial charge in [0.05, 0.1) is 17.6 Å². The molecule has 0 bridgehead atoms. The van der Waals surface area contributed by atoms with Crippen LogP contribution in [0.3, 0.4) is 0 Å². The summed E-state index contributed by atoms with van der Waals surface area (Å²) in [7, 11) is 1.23. The Labute approximate surface area is 186 Å². The molecule has 2 aromatic carbocycles. The van der Waals surface area contributed by atoms with Crippen molar-refractivity contribution in [2.75, 3.05) is 17.7 Å². The van der Waals surface area contributed by atoms with Crippen molar-refractivity contribution < 1.29 is 19.1 Å². The summed E-state index contributed by atoms with van der Waals surface area (Å²) in [5.74, 6) is -1.56. The molecule has 0 spiro atoms. The zero-order valence-corrected chi connectivity index (χ0v) is 18.2. The van der Waals surface area contributed by atoms with E-state index in [4.69, 9.17) is 27.9 Å². The first kappa shape index (κ1) is 21.8. The van der Waals surface area contributed by atoms with E-state index < -0.39 is 17.8 Å². The maximum absolute atomic E-state index is 12.8. The van der Waals surface area contributed by atoms with Gasteiger partial charge in [0.1, 0.15) is 5.00 Å². The Morgan fingerprint density at radius 3 is 2.23 bits per heavy atom. The van der Waals surface area contributed by atoms with Crippen LogP contribution in [0, 0.1) is 6.92 Å². The second-order valence-corrected chi connectivity index (χ2v) is 8.07. The lowest BCUT2D eigenvalue weighted by Crippen LogP contribution is -2.14. The van der Waals surface area contributed by atoms with Crippen molar-refractivity contribution in [3.05, 3.63) is 80.1 Å². The molecule has 0 atom stereocenters. The smallest absolute Gasteiger partial charge is 0.341 e. The largest absolute Gasteiger partial charge is 0.465 e. The van der Waals surface area contributed by atoms with E-state index in [9.17, 15) is 14.4 Å². The third-order valence-electron chi connectivity index (χ3n) is 4.14. The Balaban J connectivity index is 1.94. The normalized spacial score (nSPS) is 10.4. The molecule has 154 valence electrons. The lowest BCUT2D eigenvalue weighted by Gasteiger charge is -2.06. The van der Waals surface area contributed by atoms with Crippen LogP contribution in [0.4, 0.5) is 10.7 Å². The molecule has 2 N–H and O–H groups in total. The highest BCUT2D eigenvalue weighted by Gasteiger charge is 2.26. The van der Waals surface area contributed by atoms with Crippen LogP contribution in [0.25, 0.3) is 0 Å². The van der Waals surface area contributed by atoms with Gasteiger partial charge in [-0.25, -0.2) is 4.79 Å². The minimum absolute atomic E-state index is 0.120. The van der Waals surface area contributed by atoms with Crippen LogP contribution in [0.1, 0.15) is 36.0 Å². The summed E-state index contributed by atoms with van der Waals surface area (Å²) in [6.45, 7) is 1.62. The molecule has 6 nitrogen and oxygen atoms in total. The number of hydrogen-bond donors (Lipinski definition) is 2. The summed E-state index contributed by atoms with van der Waals surface area (Å²) in [5, 5.41) is 6.50. The molecular weight excluding hydrogens is 447 g/mol. The van der Waals surface area contributed by atoms with Gasteiger partial charge in [-0.15, -0.1) is 11.3 Å². The number of esters is 1. The van der Waals surface area contributed by atoms with Crippen LogP contribution in [0.15, 0.2) is 48.5 Å². The van der Waals surface area contributed by atoms with Crippen molar-refractivity contribution in [2.45, 2.75) is 6.92 Å². The van der Waals surface area contributed by atoms with Crippen molar-refractivity contribution in [1.82, 2.24) is 0 Å². The molecular formula is C21H16Cl2N2O4S. The van der Waals surface area contributed by atoms with Crippen molar-refractivity contribution in [3.8, 4) is 0 Å². The highest BCUT2D eigenvalue weighted by atomic mass is 35.5. The molecule has 3 rings (SSSR count). The number of amides is 2. The maximum Gasteiger partial charge on any atom is 0.341 e. The molecule has 0 saturated heterocycles. The number of thiophene rings is 1. The minimum Gasteiger partial charge on any atom is -0.465 e. The van der Waals surface area contributed by atoms with Gasteiger partial charge in [0, 0.05) is 21.3 Å². The van der Waals surface area contributed by atoms with Gasteiger partial charge < -0.3 is 15.4 Å². The lowest BCUT2D eigenvalue weighted by molar-refractivity contribution is 0.0601. The Morgan fingerprint density at radius 1 is 0.933 bits per heavy atom. The van der Waals surface area contributed by atoms with Crippen LogP contribution < -0.4 is 10.6 Å². The van der Waals surface area contributed by atoms with Gasteiger partial charge in [0.25, 0.3) is 11.8 Å². The van der Waals surface area contributed by atoms with Crippen LogP contribution in [0.5, 0.6) is 0 Å². The summed E-state index contributed by atoms with van der Waals surface area (Å²) in [5.41, 5.74) is 1.33. The van der Waals surface area contributed by atoms with Gasteiger partial charge in [-0.05, 0) is 48.9 Å². The summed E-state index contributed by atoms with van der Waals surface area (Å²) in [6, 6.07) is 13.1. The number of carbonyl (C=O) groups is 3. The number of carbonyl (C=O) groups excluding carboxylic acids is 3. The number of rotatable bonds is 5. The Kier molecular flexibility index (Phi) is 6.77. The fraction of sp³-hybridized carbons (Fsp3) is 0.0952. The first-order valence-corrected chi connectivity index (χ1v) is 10.2. The number of nitrogens with one attached hydrogen (secondary N) is 2. The average molecular weight is 463 g/mol. The van der Waals surface area contributed by atoms with Gasteiger partial charge in [0.2, 0.25) is 0 Å². The molecule has 30 heavy (non-hydrogen) atoms. The Bertz CT molecular complexity index is 1140. The number of anilines is 2. The number of benzene rings is 2. The molecule has 3 aromatic rings. The van der Waals surface area contributed by atoms with E-state index >= 15 is 0 Å². The molecule has 0 unspecified atom stereocenters. The quantitative estimate of drug-likeness (QED) is 0.479. The van der Waals surface area contributed by atoms with E-state index in [1.807, 2.05) is 0 Å². The molecule has 2 amide bonds. The SMILES string of the molecule is COC(=O)c1c(NC(=O)c2cccc(Cl)c2)sc(C(=O)Nc2cccc(Cl)c2)c1C. The standard InChI is InChI=1S/C21H16Cl2N2O4S/c1-11-16(21(28)29-2)20(25-18(26)12-5-3-6-13(22)9-12)30-17(11)19(27)24-15-8-4-7-14(23)10-15/h3-10H,1-2H3,(H,24,27)(H,25,26). The molecule has 0 aliphatic carbocycles. The predicted octanol–water partition coefficient (Wildman–Crippen LogP) is 5.65. The molecule has 0 aliphatic heterocycles. The fourth-order valence-electron chi connectivity index (χ4n) is 2.73. The molecule has 1 aromatic heterocycles. The van der Waals surface area contributed by atoms with E-state index in [-0.39, 0.29) is 15.4 Å². The monoisotopic (exact) mass is 462 g/mol. The molecule has 1 heterocycles. The lowest BCUT2D eigenvalue weighted by atomic mass is 10.1. The first-order chi connectivity index (χ1) is 14.3. The minimum atomic E-state index is -0.660. The van der Waals surface area contributed by atoms with Crippen molar-refractivity contribution >= 4 is 63.0 Å². The average Bonchev–Trinajstić information content (AvgIpc) is 3.03. The van der Waals surface area contributed by atoms with Crippen LogP contribution in [-0.4, -0.2) is 24.9 Å². The van der Waals surface area contributed by atoms with Crippen LogP contribution in [0.2, 0.25) is 10.0 Å². The summed E-state index contributed by atoms with van der Waals surface area (Å²) >= 11 is 12.9. The highest BCUT2D eigenvalue weighted by Crippen LogP contribution is 2.34. The van der Waals surface area contributed by atoms with E-state index in [1.165, 1.54) is 13.2 Å². The zero-order chi connectivity index (χ0) is 21.8. The maximum atomic E-state index is 12.8. The molecule has 0 aliphatic rings. The van der Waals surface area contributed by atoms with Gasteiger partial charge in [-0.3, -0.25) is 9.59 Å². The fourth-order valence-corrected chi connectivity index (χ4v) is 4.19. The Hall–Kier alpha value is -2.87. The van der Waals surface area contributed by atoms with Crippen molar-refractivity contribution in [1.29, 1.82) is 0 Å². The van der Waals surface area contributed by atoms with Crippen molar-refractivity contribution in [3.63, 3.8) is 0 Å². The molecule has 0 saturated carbocycles. The first-order valence-electron chi connectivity index (χ1n) is 8.65. The van der Waals surface area contributed by atoms with Gasteiger partial charge in [-0.2, -0.15) is 0 Å².